The van der Waals surface area contributed by atoms with E-state index in [4.69, 9.17) is 0 Å². The van der Waals surface area contributed by atoms with Crippen molar-refractivity contribution >= 4 is 17.4 Å². The average molecular weight is 471 g/mol. The summed E-state index contributed by atoms with van der Waals surface area (Å²) in [5.41, 5.74) is 4.31. The number of carbonyl (C=O) groups excluding carboxylic acids is 2. The molecule has 1 amide bonds. The highest BCUT2D eigenvalue weighted by Gasteiger charge is 2.40. The Morgan fingerprint density at radius 2 is 1.63 bits per heavy atom. The van der Waals surface area contributed by atoms with Gasteiger partial charge in [0.05, 0.1) is 0 Å². The fourth-order valence-corrected chi connectivity index (χ4v) is 5.05. The summed E-state index contributed by atoms with van der Waals surface area (Å²) in [6.45, 7) is 1.79. The number of allylic oxidation sites excluding steroid dienone is 3. The zero-order valence-electron chi connectivity index (χ0n) is 19.1. The molecule has 6 heteroatoms. The zero-order valence-corrected chi connectivity index (χ0v) is 19.1. The van der Waals surface area contributed by atoms with E-state index in [9.17, 15) is 18.4 Å². The summed E-state index contributed by atoms with van der Waals surface area (Å²) in [6, 6.07) is 21.4. The normalized spacial score (nSPS) is 19.8. The van der Waals surface area contributed by atoms with Gasteiger partial charge in [0.25, 0.3) is 5.91 Å². The van der Waals surface area contributed by atoms with E-state index in [2.05, 4.69) is 10.6 Å². The van der Waals surface area contributed by atoms with Gasteiger partial charge in [-0.25, -0.2) is 8.78 Å². The van der Waals surface area contributed by atoms with Crippen molar-refractivity contribution in [2.75, 3.05) is 5.32 Å². The lowest BCUT2D eigenvalue weighted by Crippen LogP contribution is -2.37. The predicted molar refractivity (Wildman–Crippen MR) is 130 cm³/mol. The highest BCUT2D eigenvalue weighted by Crippen LogP contribution is 2.45. The number of dihydropyridines is 1. The van der Waals surface area contributed by atoms with Crippen molar-refractivity contribution in [2.24, 2.45) is 0 Å². The summed E-state index contributed by atoms with van der Waals surface area (Å²) >= 11 is 0. The van der Waals surface area contributed by atoms with E-state index in [1.165, 1.54) is 30.3 Å². The van der Waals surface area contributed by atoms with Gasteiger partial charge in [-0.05, 0) is 60.7 Å². The number of nitrogens with one attached hydrogen (secondary N) is 2. The number of hydrogen-bond donors (Lipinski definition) is 2. The van der Waals surface area contributed by atoms with Crippen molar-refractivity contribution in [1.82, 2.24) is 5.32 Å². The minimum atomic E-state index is -0.662. The Labute approximate surface area is 202 Å². The first kappa shape index (κ1) is 22.7. The summed E-state index contributed by atoms with van der Waals surface area (Å²) in [7, 11) is 0. The summed E-state index contributed by atoms with van der Waals surface area (Å²) in [4.78, 5) is 27.0. The van der Waals surface area contributed by atoms with E-state index in [1.54, 1.807) is 25.1 Å². The van der Waals surface area contributed by atoms with E-state index < -0.39 is 23.5 Å². The van der Waals surface area contributed by atoms with E-state index in [1.807, 2.05) is 30.3 Å². The second-order valence-electron chi connectivity index (χ2n) is 8.94. The molecule has 0 saturated carbocycles. The van der Waals surface area contributed by atoms with Gasteiger partial charge in [-0.1, -0.05) is 48.5 Å². The van der Waals surface area contributed by atoms with Crippen molar-refractivity contribution in [1.29, 1.82) is 0 Å². The van der Waals surface area contributed by atoms with Crippen LogP contribution < -0.4 is 10.6 Å². The van der Waals surface area contributed by atoms with Crippen LogP contribution in [0.15, 0.2) is 101 Å². The molecule has 2 N–H and O–H groups in total. The van der Waals surface area contributed by atoms with Crippen LogP contribution in [0.2, 0.25) is 0 Å². The number of benzene rings is 3. The van der Waals surface area contributed by atoms with E-state index in [-0.39, 0.29) is 11.7 Å². The number of amides is 1. The highest BCUT2D eigenvalue weighted by atomic mass is 19.1. The monoisotopic (exact) mass is 470 g/mol. The Bertz CT molecular complexity index is 1360. The van der Waals surface area contributed by atoms with Crippen LogP contribution in [-0.2, 0) is 9.59 Å². The number of carbonyl (C=O) groups is 2. The van der Waals surface area contributed by atoms with Crippen LogP contribution in [0.4, 0.5) is 14.5 Å². The molecular weight excluding hydrogens is 446 g/mol. The van der Waals surface area contributed by atoms with Gasteiger partial charge < -0.3 is 10.6 Å². The minimum absolute atomic E-state index is 0.0271. The lowest BCUT2D eigenvalue weighted by molar-refractivity contribution is -0.116. The molecule has 0 saturated heterocycles. The summed E-state index contributed by atoms with van der Waals surface area (Å²) < 4.78 is 27.4. The Morgan fingerprint density at radius 3 is 2.34 bits per heavy atom. The van der Waals surface area contributed by atoms with Crippen molar-refractivity contribution in [3.8, 4) is 0 Å². The predicted octanol–water partition coefficient (Wildman–Crippen LogP) is 5.97. The molecule has 1 aliphatic heterocycles. The molecule has 0 unspecified atom stereocenters. The zero-order chi connectivity index (χ0) is 24.5. The van der Waals surface area contributed by atoms with Gasteiger partial charge in [-0.15, -0.1) is 0 Å². The second-order valence-corrected chi connectivity index (χ2v) is 8.94. The van der Waals surface area contributed by atoms with Crippen LogP contribution in [0.25, 0.3) is 0 Å². The molecule has 35 heavy (non-hydrogen) atoms. The van der Waals surface area contributed by atoms with E-state index >= 15 is 0 Å². The molecule has 2 aliphatic rings. The highest BCUT2D eigenvalue weighted by molar-refractivity contribution is 6.10. The molecular formula is C29H24F2N2O2. The van der Waals surface area contributed by atoms with Gasteiger partial charge >= 0.3 is 0 Å². The van der Waals surface area contributed by atoms with Gasteiger partial charge in [0, 0.05) is 40.6 Å². The molecule has 0 radical (unpaired) electrons. The fourth-order valence-electron chi connectivity index (χ4n) is 5.05. The molecule has 0 fully saturated rings. The smallest absolute Gasteiger partial charge is 0.254 e. The van der Waals surface area contributed by atoms with Crippen LogP contribution in [0, 0.1) is 11.6 Å². The number of hydrogen-bond acceptors (Lipinski definition) is 3. The topological polar surface area (TPSA) is 58.2 Å². The first-order valence-electron chi connectivity index (χ1n) is 11.5. The first-order valence-corrected chi connectivity index (χ1v) is 11.5. The third-order valence-corrected chi connectivity index (χ3v) is 6.63. The molecule has 0 aromatic heterocycles. The Kier molecular flexibility index (Phi) is 6.03. The van der Waals surface area contributed by atoms with Crippen molar-refractivity contribution in [3.05, 3.63) is 124 Å². The van der Waals surface area contributed by atoms with Crippen LogP contribution in [-0.4, -0.2) is 11.7 Å². The lowest BCUT2D eigenvalue weighted by Gasteiger charge is -2.37. The SMILES string of the molecule is CC1=C(C(=O)Nc2cccc(F)c2)[C@@H](c2ccc(F)cc2)C2=C(C[C@H](c3ccccc3)CC2=O)N1. The van der Waals surface area contributed by atoms with Crippen molar-refractivity contribution < 1.29 is 18.4 Å². The number of anilines is 1. The molecule has 3 aromatic rings. The molecule has 3 aromatic carbocycles. The molecule has 0 spiro atoms. The molecule has 1 heterocycles. The van der Waals surface area contributed by atoms with Gasteiger partial charge in [-0.2, -0.15) is 0 Å². The van der Waals surface area contributed by atoms with Crippen LogP contribution in [0.1, 0.15) is 42.7 Å². The molecule has 5 rings (SSSR count). The number of halogens is 2. The summed E-state index contributed by atoms with van der Waals surface area (Å²) in [5, 5.41) is 6.07. The Morgan fingerprint density at radius 1 is 0.886 bits per heavy atom. The maximum Gasteiger partial charge on any atom is 0.254 e. The van der Waals surface area contributed by atoms with Crippen molar-refractivity contribution in [3.63, 3.8) is 0 Å². The quantitative estimate of drug-likeness (QED) is 0.494. The van der Waals surface area contributed by atoms with Gasteiger partial charge in [0.2, 0.25) is 0 Å². The van der Waals surface area contributed by atoms with E-state index in [0.29, 0.717) is 40.9 Å². The summed E-state index contributed by atoms with van der Waals surface area (Å²) in [6.07, 6.45) is 0.943. The largest absolute Gasteiger partial charge is 0.362 e. The number of ketones is 1. The van der Waals surface area contributed by atoms with Crippen LogP contribution >= 0.6 is 0 Å². The number of rotatable bonds is 4. The molecule has 1 aliphatic carbocycles. The molecule has 176 valence electrons. The maximum absolute atomic E-state index is 13.7. The lowest BCUT2D eigenvalue weighted by atomic mass is 9.71. The van der Waals surface area contributed by atoms with Crippen LogP contribution in [0.5, 0.6) is 0 Å². The first-order chi connectivity index (χ1) is 16.9. The van der Waals surface area contributed by atoms with Gasteiger partial charge in [0.15, 0.2) is 5.78 Å². The average Bonchev–Trinajstić information content (AvgIpc) is 2.84. The van der Waals surface area contributed by atoms with Gasteiger partial charge in [-0.3, -0.25) is 9.59 Å². The van der Waals surface area contributed by atoms with Gasteiger partial charge in [0.1, 0.15) is 11.6 Å². The third-order valence-electron chi connectivity index (χ3n) is 6.63. The Balaban J connectivity index is 1.56. The van der Waals surface area contributed by atoms with E-state index in [0.717, 1.165) is 11.3 Å². The molecule has 4 nitrogen and oxygen atoms in total. The third kappa shape index (κ3) is 4.52. The Hall–Kier alpha value is -4.06. The second kappa shape index (κ2) is 9.29. The molecule has 2 atom stereocenters. The number of Topliss-reactive ketones (excluding diaryl/α,β-unsaturated/α-hetero) is 1. The minimum Gasteiger partial charge on any atom is -0.362 e. The standard InChI is InChI=1S/C29H24F2N2O2/c1-17-26(29(35)33-23-9-5-8-22(31)16-23)27(19-10-12-21(30)13-11-19)28-24(32-17)14-20(15-25(28)34)18-6-3-2-4-7-18/h2-13,16,20,27,32H,14-15H2,1H3,(H,33,35)/t20-,27+/m0/s1. The summed E-state index contributed by atoms with van der Waals surface area (Å²) in [5.74, 6) is -2.00. The molecule has 0 bridgehead atoms. The van der Waals surface area contributed by atoms with Crippen LogP contribution in [0.3, 0.4) is 0 Å². The maximum atomic E-state index is 13.7. The van der Waals surface area contributed by atoms with Crippen molar-refractivity contribution in [2.45, 2.75) is 31.6 Å². The fraction of sp³-hybridized carbons (Fsp3) is 0.172.